The molecular formula is C20H20F4N4O3S. The van der Waals surface area contributed by atoms with Crippen molar-refractivity contribution in [2.24, 2.45) is 5.41 Å². The van der Waals surface area contributed by atoms with Gasteiger partial charge >= 0.3 is 6.18 Å². The number of nitrogens with one attached hydrogen (secondary N) is 1. The van der Waals surface area contributed by atoms with Crippen LogP contribution in [0.15, 0.2) is 23.4 Å². The summed E-state index contributed by atoms with van der Waals surface area (Å²) in [6, 6.07) is 2.37. The number of carbonyl (C=O) groups is 1. The molecule has 6 rings (SSSR count). The van der Waals surface area contributed by atoms with Crippen molar-refractivity contribution in [3.8, 4) is 0 Å². The number of hydrogen-bond donors (Lipinski definition) is 1. The first-order chi connectivity index (χ1) is 14.8. The van der Waals surface area contributed by atoms with Crippen molar-refractivity contribution < 1.29 is 30.8 Å². The maximum atomic E-state index is 14.0. The average Bonchev–Trinajstić information content (AvgIpc) is 3.39. The van der Waals surface area contributed by atoms with Gasteiger partial charge in [-0.05, 0) is 49.7 Å². The Morgan fingerprint density at radius 3 is 2.47 bits per heavy atom. The number of nitrogens with zero attached hydrogens (tertiary/aromatic N) is 3. The Morgan fingerprint density at radius 1 is 1.28 bits per heavy atom. The Kier molecular flexibility index (Phi) is 4.35. The van der Waals surface area contributed by atoms with Crippen LogP contribution in [0.2, 0.25) is 0 Å². The first-order valence-corrected chi connectivity index (χ1v) is 12.0. The zero-order chi connectivity index (χ0) is 23.1. The largest absolute Gasteiger partial charge is 0.420 e. The molecule has 7 nitrogen and oxygen atoms in total. The Morgan fingerprint density at radius 2 is 1.94 bits per heavy atom. The second-order valence-corrected chi connectivity index (χ2v) is 11.3. The molecule has 4 fully saturated rings. The second-order valence-electron chi connectivity index (χ2n) is 9.33. The monoisotopic (exact) mass is 472 g/mol. The fourth-order valence-electron chi connectivity index (χ4n) is 4.97. The van der Waals surface area contributed by atoms with Gasteiger partial charge in [0.1, 0.15) is 16.9 Å². The van der Waals surface area contributed by atoms with Crippen LogP contribution in [0.3, 0.4) is 0 Å². The van der Waals surface area contributed by atoms with Crippen LogP contribution in [-0.2, 0) is 22.6 Å². The number of alkyl halides is 4. The highest BCUT2D eigenvalue weighted by molar-refractivity contribution is 7.90. The second kappa shape index (κ2) is 6.52. The highest BCUT2D eigenvalue weighted by Gasteiger charge is 2.69. The minimum Gasteiger partial charge on any atom is -0.320 e. The van der Waals surface area contributed by atoms with Gasteiger partial charge in [-0.3, -0.25) is 9.48 Å². The number of aromatic nitrogens is 3. The molecule has 0 aliphatic heterocycles. The highest BCUT2D eigenvalue weighted by Crippen LogP contribution is 2.70. The van der Waals surface area contributed by atoms with Crippen LogP contribution >= 0.6 is 0 Å². The van der Waals surface area contributed by atoms with Crippen LogP contribution in [0, 0.1) is 5.41 Å². The quantitative estimate of drug-likeness (QED) is 0.647. The van der Waals surface area contributed by atoms with E-state index >= 15 is 0 Å². The third kappa shape index (κ3) is 3.57. The van der Waals surface area contributed by atoms with E-state index in [0.717, 1.165) is 23.2 Å². The smallest absolute Gasteiger partial charge is 0.320 e. The van der Waals surface area contributed by atoms with Gasteiger partial charge in [0, 0.05) is 30.6 Å². The van der Waals surface area contributed by atoms with Crippen LogP contribution < -0.4 is 5.32 Å². The van der Waals surface area contributed by atoms with Crippen molar-refractivity contribution in [2.45, 2.75) is 61.4 Å². The van der Waals surface area contributed by atoms with Gasteiger partial charge in [0.15, 0.2) is 14.9 Å². The van der Waals surface area contributed by atoms with Crippen LogP contribution in [0.5, 0.6) is 0 Å². The summed E-state index contributed by atoms with van der Waals surface area (Å²) in [7, 11) is -3.68. The van der Waals surface area contributed by atoms with Crippen molar-refractivity contribution >= 4 is 21.4 Å². The van der Waals surface area contributed by atoms with Gasteiger partial charge in [0.25, 0.3) is 5.91 Å². The Labute approximate surface area is 181 Å². The van der Waals surface area contributed by atoms with Gasteiger partial charge in [0.05, 0.1) is 5.69 Å². The van der Waals surface area contributed by atoms with E-state index in [1.807, 2.05) is 0 Å². The Bertz CT molecular complexity index is 1210. The van der Waals surface area contributed by atoms with E-state index < -0.39 is 44.3 Å². The molecule has 172 valence electrons. The molecule has 2 aromatic heterocycles. The lowest BCUT2D eigenvalue weighted by Crippen LogP contribution is -2.65. The number of halogens is 4. The third-order valence-electron chi connectivity index (χ3n) is 6.38. The lowest BCUT2D eigenvalue weighted by atomic mass is 9.42. The molecule has 2 aromatic rings. The molecule has 4 aliphatic carbocycles. The summed E-state index contributed by atoms with van der Waals surface area (Å²) < 4.78 is 80.6. The number of pyridine rings is 1. The third-order valence-corrected chi connectivity index (χ3v) is 7.36. The molecule has 0 atom stereocenters. The summed E-state index contributed by atoms with van der Waals surface area (Å²) in [5, 5.41) is 6.22. The fraction of sp³-hybridized carbons (Fsp3) is 0.550. The predicted octanol–water partition coefficient (Wildman–Crippen LogP) is 3.72. The maximum Gasteiger partial charge on any atom is 0.420 e. The fourth-order valence-corrected chi connectivity index (χ4v) is 5.57. The number of amides is 1. The first-order valence-electron chi connectivity index (χ1n) is 10.1. The lowest BCUT2D eigenvalue weighted by molar-refractivity contribution is -0.221. The van der Waals surface area contributed by atoms with E-state index in [2.05, 4.69) is 15.4 Å². The molecule has 1 amide bonds. The summed E-state index contributed by atoms with van der Waals surface area (Å²) in [6.07, 6.45) is -0.855. The number of sulfone groups is 1. The van der Waals surface area contributed by atoms with Crippen molar-refractivity contribution in [2.75, 3.05) is 11.6 Å². The maximum absolute atomic E-state index is 14.0. The molecule has 1 N–H and O–H groups in total. The molecule has 0 radical (unpaired) electrons. The van der Waals surface area contributed by atoms with E-state index in [-0.39, 0.29) is 48.1 Å². The standard InChI is InChI=1S/C20H20F4N4O3S/c1-32(30,31)13-6-12(4-5-25-13)26-17(29)16-14(20(22,23)24)15(11-2-3-11)27-28(16)10-18-7-19(21,8-18)9-18/h4-6,11H,2-3,7-10H2,1H3,(H,25,26,29). The Hall–Kier alpha value is -2.50. The molecular weight excluding hydrogens is 452 g/mol. The van der Waals surface area contributed by atoms with Crippen molar-refractivity contribution in [1.29, 1.82) is 0 Å². The minimum atomic E-state index is -4.81. The van der Waals surface area contributed by atoms with Crippen LogP contribution in [0.1, 0.15) is 59.8 Å². The van der Waals surface area contributed by atoms with Crippen molar-refractivity contribution in [1.82, 2.24) is 14.8 Å². The van der Waals surface area contributed by atoms with Crippen molar-refractivity contribution in [3.63, 3.8) is 0 Å². The molecule has 32 heavy (non-hydrogen) atoms. The van der Waals surface area contributed by atoms with Gasteiger partial charge in [-0.15, -0.1) is 0 Å². The Balaban J connectivity index is 1.53. The van der Waals surface area contributed by atoms with E-state index in [4.69, 9.17) is 0 Å². The van der Waals surface area contributed by atoms with Gasteiger partial charge in [-0.1, -0.05) is 0 Å². The van der Waals surface area contributed by atoms with Gasteiger partial charge in [-0.25, -0.2) is 17.8 Å². The molecule has 0 saturated heterocycles. The number of rotatable bonds is 6. The molecule has 2 heterocycles. The molecule has 0 unspecified atom stereocenters. The molecule has 4 saturated carbocycles. The normalized spacial score (nSPS) is 26.9. The van der Waals surface area contributed by atoms with E-state index in [0.29, 0.717) is 12.8 Å². The zero-order valence-corrected chi connectivity index (χ0v) is 17.9. The molecule has 0 spiro atoms. The van der Waals surface area contributed by atoms with Crippen LogP contribution in [-0.4, -0.2) is 41.0 Å². The molecule has 2 bridgehead atoms. The van der Waals surface area contributed by atoms with Crippen LogP contribution in [0.25, 0.3) is 0 Å². The first kappa shape index (κ1) is 21.4. The van der Waals surface area contributed by atoms with E-state index in [1.54, 1.807) is 0 Å². The summed E-state index contributed by atoms with van der Waals surface area (Å²) >= 11 is 0. The zero-order valence-electron chi connectivity index (χ0n) is 17.0. The van der Waals surface area contributed by atoms with E-state index in [9.17, 15) is 30.8 Å². The average molecular weight is 472 g/mol. The van der Waals surface area contributed by atoms with Gasteiger partial charge in [0.2, 0.25) is 0 Å². The lowest BCUT2D eigenvalue weighted by Gasteiger charge is -2.65. The number of hydrogen-bond acceptors (Lipinski definition) is 5. The van der Waals surface area contributed by atoms with Crippen molar-refractivity contribution in [3.05, 3.63) is 35.3 Å². The summed E-state index contributed by atoms with van der Waals surface area (Å²) in [4.78, 5) is 16.8. The number of carbonyl (C=O) groups excluding carboxylic acids is 1. The SMILES string of the molecule is CS(=O)(=O)c1cc(NC(=O)c2c(C(F)(F)F)c(C3CC3)nn2CC23CC(F)(C2)C3)ccn1. The topological polar surface area (TPSA) is 94.0 Å². The minimum absolute atomic E-state index is 0.00695. The summed E-state index contributed by atoms with van der Waals surface area (Å²) in [5.41, 5.74) is -3.57. The molecule has 4 aliphatic rings. The van der Waals surface area contributed by atoms with Gasteiger partial charge in [-0.2, -0.15) is 18.3 Å². The summed E-state index contributed by atoms with van der Waals surface area (Å²) in [6.45, 7) is 0.0299. The predicted molar refractivity (Wildman–Crippen MR) is 105 cm³/mol. The van der Waals surface area contributed by atoms with Crippen LogP contribution in [0.4, 0.5) is 23.2 Å². The highest BCUT2D eigenvalue weighted by atomic mass is 32.2. The molecule has 0 aromatic carbocycles. The van der Waals surface area contributed by atoms with E-state index in [1.165, 1.54) is 6.07 Å². The summed E-state index contributed by atoms with van der Waals surface area (Å²) in [5.74, 6) is -1.42. The molecule has 12 heteroatoms. The number of anilines is 1. The van der Waals surface area contributed by atoms with Gasteiger partial charge < -0.3 is 5.32 Å².